The summed E-state index contributed by atoms with van der Waals surface area (Å²) in [5.41, 5.74) is 3.84. The first-order valence-electron chi connectivity index (χ1n) is 12.9. The Balaban J connectivity index is 1.61. The average molecular weight is 470 g/mol. The Morgan fingerprint density at radius 2 is 1.62 bits per heavy atom. The zero-order valence-corrected chi connectivity index (χ0v) is 22.7. The molecule has 4 unspecified atom stereocenters. The van der Waals surface area contributed by atoms with Crippen molar-refractivity contribution in [3.8, 4) is 0 Å². The summed E-state index contributed by atoms with van der Waals surface area (Å²) in [4.78, 5) is 2.64. The van der Waals surface area contributed by atoms with Crippen LogP contribution in [0.5, 0.6) is 0 Å². The van der Waals surface area contributed by atoms with Crippen LogP contribution in [0.2, 0.25) is 0 Å². The quantitative estimate of drug-likeness (QED) is 0.280. The maximum atomic E-state index is 2.64. The molecule has 0 aliphatic carbocycles. The third kappa shape index (κ3) is 7.65. The highest BCUT2D eigenvalue weighted by atomic mass is 31.1. The van der Waals surface area contributed by atoms with Crippen LogP contribution in [-0.2, 0) is 0 Å². The molecule has 1 saturated heterocycles. The molecule has 1 aliphatic rings. The van der Waals surface area contributed by atoms with Gasteiger partial charge in [-0.05, 0) is 74.5 Å². The fourth-order valence-corrected chi connectivity index (χ4v) is 11.2. The molecule has 0 spiro atoms. The minimum absolute atomic E-state index is 0.0555. The molecular formula is C29H45NP2. The van der Waals surface area contributed by atoms with Crippen LogP contribution in [0.15, 0.2) is 60.7 Å². The van der Waals surface area contributed by atoms with Gasteiger partial charge in [-0.3, -0.25) is 4.90 Å². The van der Waals surface area contributed by atoms with E-state index in [1.54, 1.807) is 11.1 Å². The van der Waals surface area contributed by atoms with E-state index in [0.29, 0.717) is 5.78 Å². The van der Waals surface area contributed by atoms with Crippen LogP contribution in [0, 0.1) is 5.92 Å². The second-order valence-electron chi connectivity index (χ2n) is 9.79. The molecular weight excluding hydrogens is 424 g/mol. The number of nitrogens with zero attached hydrogens (tertiary/aromatic N) is 1. The molecule has 3 rings (SSSR count). The van der Waals surface area contributed by atoms with Gasteiger partial charge in [0.1, 0.15) is 0 Å². The van der Waals surface area contributed by atoms with Gasteiger partial charge in [0.15, 0.2) is 0 Å². The number of hydrogen-bond donors (Lipinski definition) is 0. The summed E-state index contributed by atoms with van der Waals surface area (Å²) in [6.45, 7) is 8.53. The molecule has 5 atom stereocenters. The lowest BCUT2D eigenvalue weighted by molar-refractivity contribution is 0.301. The summed E-state index contributed by atoms with van der Waals surface area (Å²) < 4.78 is 0. The van der Waals surface area contributed by atoms with Gasteiger partial charge >= 0.3 is 0 Å². The topological polar surface area (TPSA) is 3.24 Å². The van der Waals surface area contributed by atoms with E-state index in [4.69, 9.17) is 0 Å². The molecule has 1 aliphatic heterocycles. The minimum Gasteiger partial charge on any atom is -0.296 e. The largest absolute Gasteiger partial charge is 0.296 e. The molecule has 1 fully saturated rings. The van der Waals surface area contributed by atoms with Crippen LogP contribution < -0.4 is 0 Å². The van der Waals surface area contributed by atoms with Gasteiger partial charge in [-0.2, -0.15) is 0 Å². The molecule has 1 heterocycles. The first-order valence-corrected chi connectivity index (χ1v) is 16.4. The Morgan fingerprint density at radius 1 is 0.969 bits per heavy atom. The number of hydrogen-bond acceptors (Lipinski definition) is 1. The Bertz CT molecular complexity index is 750. The summed E-state index contributed by atoms with van der Waals surface area (Å²) in [6.07, 6.45) is 12.8. The van der Waals surface area contributed by atoms with Crippen molar-refractivity contribution >= 4 is 15.8 Å². The van der Waals surface area contributed by atoms with Gasteiger partial charge in [-0.1, -0.05) is 110 Å². The zero-order chi connectivity index (χ0) is 22.8. The molecule has 0 bridgehead atoms. The molecule has 0 radical (unpaired) electrons. The summed E-state index contributed by atoms with van der Waals surface area (Å²) in [7, 11) is 2.46. The number of rotatable bonds is 12. The third-order valence-electron chi connectivity index (χ3n) is 7.38. The SMILES string of the molecule is CC[C@@H](C)CCCP(CCCP1CCCN(C)C1c1ccccc1)C(C)c1ccccc1. The summed E-state index contributed by atoms with van der Waals surface area (Å²) in [5.74, 6) is 1.55. The predicted octanol–water partition coefficient (Wildman–Crippen LogP) is 8.96. The molecule has 0 aromatic heterocycles. The van der Waals surface area contributed by atoms with E-state index in [0.717, 1.165) is 11.6 Å². The van der Waals surface area contributed by atoms with Gasteiger partial charge < -0.3 is 0 Å². The van der Waals surface area contributed by atoms with Crippen LogP contribution >= 0.6 is 15.8 Å². The van der Waals surface area contributed by atoms with E-state index >= 15 is 0 Å². The molecule has 0 saturated carbocycles. The lowest BCUT2D eigenvalue weighted by Gasteiger charge is -2.40. The van der Waals surface area contributed by atoms with Crippen LogP contribution in [0.3, 0.4) is 0 Å². The molecule has 3 heteroatoms. The summed E-state index contributed by atoms with van der Waals surface area (Å²) in [6, 6.07) is 22.7. The van der Waals surface area contributed by atoms with Crippen molar-refractivity contribution in [3.63, 3.8) is 0 Å². The van der Waals surface area contributed by atoms with Crippen molar-refractivity contribution in [1.29, 1.82) is 0 Å². The van der Waals surface area contributed by atoms with Crippen LogP contribution in [-0.4, -0.2) is 43.1 Å². The molecule has 0 N–H and O–H groups in total. The highest BCUT2D eigenvalue weighted by Gasteiger charge is 2.30. The van der Waals surface area contributed by atoms with Crippen molar-refractivity contribution in [2.75, 3.05) is 38.2 Å². The second-order valence-corrected chi connectivity index (χ2v) is 15.2. The van der Waals surface area contributed by atoms with Crippen molar-refractivity contribution in [1.82, 2.24) is 4.90 Å². The monoisotopic (exact) mass is 469 g/mol. The van der Waals surface area contributed by atoms with Crippen molar-refractivity contribution in [2.45, 2.75) is 64.3 Å². The van der Waals surface area contributed by atoms with Crippen LogP contribution in [0.4, 0.5) is 0 Å². The molecule has 32 heavy (non-hydrogen) atoms. The molecule has 176 valence electrons. The molecule has 0 amide bonds. The highest BCUT2D eigenvalue weighted by molar-refractivity contribution is 7.59. The van der Waals surface area contributed by atoms with E-state index in [2.05, 4.69) is 93.4 Å². The van der Waals surface area contributed by atoms with Crippen molar-refractivity contribution in [2.24, 2.45) is 5.92 Å². The van der Waals surface area contributed by atoms with E-state index in [-0.39, 0.29) is 15.8 Å². The fraction of sp³-hybridized carbons (Fsp3) is 0.586. The van der Waals surface area contributed by atoms with Gasteiger partial charge in [-0.15, -0.1) is 0 Å². The Kier molecular flexibility index (Phi) is 11.2. The van der Waals surface area contributed by atoms with Gasteiger partial charge in [0.2, 0.25) is 0 Å². The van der Waals surface area contributed by atoms with E-state index in [9.17, 15) is 0 Å². The predicted molar refractivity (Wildman–Crippen MR) is 148 cm³/mol. The Hall–Kier alpha value is -0.740. The number of benzene rings is 2. The summed E-state index contributed by atoms with van der Waals surface area (Å²) in [5, 5.41) is 0. The van der Waals surface area contributed by atoms with E-state index in [1.165, 1.54) is 63.3 Å². The van der Waals surface area contributed by atoms with Gasteiger partial charge in [0.25, 0.3) is 0 Å². The van der Waals surface area contributed by atoms with Crippen molar-refractivity contribution < 1.29 is 0 Å². The van der Waals surface area contributed by atoms with Gasteiger partial charge in [0.05, 0.1) is 5.78 Å². The van der Waals surface area contributed by atoms with Crippen molar-refractivity contribution in [3.05, 3.63) is 71.8 Å². The normalized spacial score (nSPS) is 22.4. The smallest absolute Gasteiger partial charge is 0.0544 e. The first kappa shape index (κ1) is 25.9. The van der Waals surface area contributed by atoms with Gasteiger partial charge in [0, 0.05) is 5.66 Å². The Labute approximate surface area is 200 Å². The average Bonchev–Trinajstić information content (AvgIpc) is 2.83. The zero-order valence-electron chi connectivity index (χ0n) is 20.9. The van der Waals surface area contributed by atoms with Crippen LogP contribution in [0.25, 0.3) is 0 Å². The molecule has 1 nitrogen and oxygen atoms in total. The lowest BCUT2D eigenvalue weighted by atomic mass is 10.0. The molecule has 2 aromatic rings. The standard InChI is InChI=1S/C29H45NP2/c1-5-25(2)15-12-21-31(26(3)27-16-8-6-9-17-27)23-14-24-32-22-13-20-30(4)29(32)28-18-10-7-11-19-28/h6-11,16-19,25-26,29H,5,12-15,20-24H2,1-4H3/t25-,26?,29?,31?,32?/m1/s1. The minimum atomic E-state index is 0.0555. The first-order chi connectivity index (χ1) is 15.6. The molecule has 2 aromatic carbocycles. The van der Waals surface area contributed by atoms with Crippen LogP contribution in [0.1, 0.15) is 75.4 Å². The maximum absolute atomic E-state index is 2.64. The van der Waals surface area contributed by atoms with Gasteiger partial charge in [-0.25, -0.2) is 0 Å². The second kappa shape index (κ2) is 13.8. The Morgan fingerprint density at radius 3 is 2.31 bits per heavy atom. The van der Waals surface area contributed by atoms with E-state index in [1.807, 2.05) is 0 Å². The maximum Gasteiger partial charge on any atom is 0.0544 e. The lowest BCUT2D eigenvalue weighted by Crippen LogP contribution is -2.30. The van der Waals surface area contributed by atoms with E-state index < -0.39 is 0 Å². The third-order valence-corrected chi connectivity index (χ3v) is 13.7. The summed E-state index contributed by atoms with van der Waals surface area (Å²) >= 11 is 0. The fourth-order valence-electron chi connectivity index (χ4n) is 5.14. The highest BCUT2D eigenvalue weighted by Crippen LogP contribution is 2.57.